The van der Waals surface area contributed by atoms with Crippen LogP contribution < -0.4 is 27.2 Å². The zero-order valence-corrected chi connectivity index (χ0v) is 38.4. The molecule has 0 aliphatic carbocycles. The van der Waals surface area contributed by atoms with Gasteiger partial charge < -0.3 is 40.0 Å². The molecular formula is C47H54N5O13PS. The van der Waals surface area contributed by atoms with Gasteiger partial charge in [-0.05, 0) is 61.1 Å². The Balaban J connectivity index is 1.00. The molecule has 1 aliphatic rings. The van der Waals surface area contributed by atoms with Gasteiger partial charge in [-0.15, -0.1) is 0 Å². The number of benzene rings is 4. The third-order valence-electron chi connectivity index (χ3n) is 10.7. The molecule has 1 unspecified atom stereocenters. The lowest BCUT2D eigenvalue weighted by molar-refractivity contribution is -0.0465. The summed E-state index contributed by atoms with van der Waals surface area (Å²) in [5.74, 6) is -1.72. The topological polar surface area (TPSA) is 257 Å². The third kappa shape index (κ3) is 13.7. The van der Waals surface area contributed by atoms with Gasteiger partial charge >= 0.3 is 13.5 Å². The van der Waals surface area contributed by atoms with E-state index in [9.17, 15) is 43.6 Å². The van der Waals surface area contributed by atoms with Crippen molar-refractivity contribution in [1.82, 2.24) is 25.5 Å². The van der Waals surface area contributed by atoms with Crippen molar-refractivity contribution in [2.45, 2.75) is 55.8 Å². The highest BCUT2D eigenvalue weighted by atomic mass is 32.2. The lowest BCUT2D eigenvalue weighted by Crippen LogP contribution is -2.33. The number of hydrogen-bond acceptors (Lipinski definition) is 13. The monoisotopic (exact) mass is 959 g/mol. The molecule has 0 bridgehead atoms. The number of carbonyl (C=O) groups is 3. The Labute approximate surface area is 390 Å². The maximum atomic E-state index is 13.5. The number of H-pyrrole nitrogens is 1. The van der Waals surface area contributed by atoms with Gasteiger partial charge in [-0.25, -0.2) is 9.36 Å². The van der Waals surface area contributed by atoms with Gasteiger partial charge in [0.25, 0.3) is 23.3 Å². The molecule has 0 saturated carbocycles. The van der Waals surface area contributed by atoms with Crippen molar-refractivity contribution in [3.05, 3.63) is 175 Å². The minimum absolute atomic E-state index is 0.00330. The molecular weight excluding hydrogens is 906 g/mol. The van der Waals surface area contributed by atoms with Crippen LogP contribution in [0.2, 0.25) is 0 Å². The smallest absolute Gasteiger partial charge is 0.396 e. The minimum atomic E-state index is -4.65. The first-order chi connectivity index (χ1) is 32.3. The van der Waals surface area contributed by atoms with E-state index in [0.29, 0.717) is 12.8 Å². The molecule has 3 amide bonds. The molecule has 1 saturated heterocycles. The number of hydrogen-bond donors (Lipinski definition) is 7. The first-order valence-corrected chi connectivity index (χ1v) is 23.9. The minimum Gasteiger partial charge on any atom is -0.396 e. The molecule has 67 heavy (non-hydrogen) atoms. The van der Waals surface area contributed by atoms with Gasteiger partial charge in [-0.1, -0.05) is 91.0 Å². The molecule has 1 aromatic heterocycles. The molecule has 1 fully saturated rings. The zero-order valence-electron chi connectivity index (χ0n) is 36.7. The van der Waals surface area contributed by atoms with E-state index in [2.05, 4.69) is 57.3 Å². The van der Waals surface area contributed by atoms with Crippen LogP contribution in [0.4, 0.5) is 0 Å². The fourth-order valence-electron chi connectivity index (χ4n) is 7.23. The van der Waals surface area contributed by atoms with Gasteiger partial charge in [0.15, 0.2) is 0 Å². The van der Waals surface area contributed by atoms with Crippen LogP contribution in [-0.4, -0.2) is 101 Å². The van der Waals surface area contributed by atoms with Gasteiger partial charge in [0.05, 0.1) is 25.9 Å². The van der Waals surface area contributed by atoms with E-state index in [1.54, 1.807) is 0 Å². The van der Waals surface area contributed by atoms with E-state index in [1.807, 2.05) is 54.6 Å². The number of phosphoric acid groups is 1. The predicted molar refractivity (Wildman–Crippen MR) is 249 cm³/mol. The van der Waals surface area contributed by atoms with Crippen molar-refractivity contribution in [3.8, 4) is 0 Å². The Bertz CT molecular complexity index is 2500. The molecule has 0 radical (unpaired) electrons. The summed E-state index contributed by atoms with van der Waals surface area (Å²) in [6, 6.07) is 34.3. The third-order valence-corrected chi connectivity index (χ3v) is 12.9. The lowest BCUT2D eigenvalue weighted by Gasteiger charge is -2.34. The highest BCUT2D eigenvalue weighted by molar-refractivity contribution is 7.96. The van der Waals surface area contributed by atoms with Crippen LogP contribution in [0.1, 0.15) is 85.2 Å². The number of nitrogens with zero attached hydrogens (tertiary/aromatic N) is 1. The molecule has 1 aliphatic heterocycles. The van der Waals surface area contributed by atoms with Crippen LogP contribution in [0, 0.1) is 6.92 Å². The molecule has 5 aromatic rings. The maximum Gasteiger partial charge on any atom is 0.472 e. The molecule has 2 heterocycles. The van der Waals surface area contributed by atoms with Crippen molar-refractivity contribution in [2.75, 3.05) is 46.1 Å². The van der Waals surface area contributed by atoms with Crippen molar-refractivity contribution in [3.63, 3.8) is 0 Å². The number of aryl methyl sites for hydroxylation is 1. The Morgan fingerprint density at radius 3 is 1.75 bits per heavy atom. The average Bonchev–Trinajstić information content (AvgIpc) is 3.71. The SMILES string of the molecule is Cc1cn([C@H]2C[C@H](O)[C@@H](COP(=O)(O)OCCCNC(=O)c3cc(C(=O)NCCCO)cc(C(=O)NCCCOSC(c4ccccc4)(c4ccccc4)c4ccccc4)c3)O2)c(=O)[nH]c1=O. The van der Waals surface area contributed by atoms with Crippen LogP contribution in [0.15, 0.2) is 125 Å². The van der Waals surface area contributed by atoms with E-state index in [-0.39, 0.29) is 74.6 Å². The van der Waals surface area contributed by atoms with E-state index >= 15 is 0 Å². The largest absolute Gasteiger partial charge is 0.472 e. The average molecular weight is 960 g/mol. The molecule has 356 valence electrons. The number of carbonyl (C=O) groups excluding carboxylic acids is 3. The van der Waals surface area contributed by atoms with Crippen molar-refractivity contribution in [1.29, 1.82) is 0 Å². The van der Waals surface area contributed by atoms with Crippen molar-refractivity contribution in [2.24, 2.45) is 0 Å². The van der Waals surface area contributed by atoms with Crippen LogP contribution in [0.3, 0.4) is 0 Å². The second-order valence-electron chi connectivity index (χ2n) is 15.5. The molecule has 20 heteroatoms. The standard InChI is InChI=1S/C47H54N5O13PS/c1-32-30-52(46(59)51-42(32)55)41-29-39(54)40(65-41)31-63-66(60,61)62-24-12-21-49-44(57)34-26-33(43(56)48-20-11-23-53)27-35(28-34)45(58)50-22-13-25-64-67-47(36-14-5-2-6-15-36,37-16-7-3-8-17-37)38-18-9-4-10-19-38/h2-10,14-19,26-28,30,39-41,53-54H,11-13,20-25,29,31H2,1H3,(H,48,56)(H,49,57)(H,50,58)(H,60,61)(H,51,55,59)/t39-,40+,41+/m0/s1. The van der Waals surface area contributed by atoms with Crippen molar-refractivity contribution < 1.29 is 52.0 Å². The number of amides is 3. The summed E-state index contributed by atoms with van der Waals surface area (Å²) in [5, 5.41) is 27.8. The van der Waals surface area contributed by atoms with Gasteiger partial charge in [0.2, 0.25) is 0 Å². The zero-order chi connectivity index (χ0) is 47.8. The van der Waals surface area contributed by atoms with Crippen LogP contribution in [0.5, 0.6) is 0 Å². The summed E-state index contributed by atoms with van der Waals surface area (Å²) in [6.07, 6.45) is -1.17. The first-order valence-electron chi connectivity index (χ1n) is 21.7. The molecule has 0 spiro atoms. The van der Waals surface area contributed by atoms with Gasteiger partial charge in [0, 0.05) is 73.2 Å². The van der Waals surface area contributed by atoms with E-state index < -0.39 is 66.6 Å². The fraction of sp³-hybridized carbons (Fsp3) is 0.340. The van der Waals surface area contributed by atoms with Gasteiger partial charge in [0.1, 0.15) is 17.1 Å². The lowest BCUT2D eigenvalue weighted by atomic mass is 9.84. The van der Waals surface area contributed by atoms with E-state index in [0.717, 1.165) is 21.3 Å². The number of aromatic nitrogens is 2. The number of nitrogens with one attached hydrogen (secondary N) is 4. The number of rotatable bonds is 24. The quantitative estimate of drug-likeness (QED) is 0.0197. The van der Waals surface area contributed by atoms with E-state index in [4.69, 9.17) is 18.0 Å². The van der Waals surface area contributed by atoms with Crippen LogP contribution in [0.25, 0.3) is 0 Å². The maximum absolute atomic E-state index is 13.5. The van der Waals surface area contributed by atoms with Gasteiger partial charge in [-0.2, -0.15) is 0 Å². The van der Waals surface area contributed by atoms with Crippen LogP contribution >= 0.6 is 19.9 Å². The van der Waals surface area contributed by atoms with Gasteiger partial charge in [-0.3, -0.25) is 37.8 Å². The highest BCUT2D eigenvalue weighted by Crippen LogP contribution is 2.49. The summed E-state index contributed by atoms with van der Waals surface area (Å²) in [5.41, 5.74) is 2.14. The summed E-state index contributed by atoms with van der Waals surface area (Å²) in [6.45, 7) is 1.10. The van der Waals surface area contributed by atoms with Crippen LogP contribution in [-0.2, 0) is 27.3 Å². The highest BCUT2D eigenvalue weighted by Gasteiger charge is 2.39. The predicted octanol–water partition coefficient (Wildman–Crippen LogP) is 4.34. The molecule has 4 atom stereocenters. The number of aliphatic hydroxyl groups is 2. The summed E-state index contributed by atoms with van der Waals surface area (Å²) >= 11 is 1.33. The summed E-state index contributed by atoms with van der Waals surface area (Å²) in [7, 11) is -4.65. The number of aliphatic hydroxyl groups excluding tert-OH is 2. The second-order valence-corrected chi connectivity index (χ2v) is 18.0. The van der Waals surface area contributed by atoms with Crippen molar-refractivity contribution >= 4 is 37.6 Å². The second kappa shape index (κ2) is 24.3. The number of aromatic amines is 1. The first kappa shape index (κ1) is 50.7. The number of phosphoric ester groups is 1. The Hall–Kier alpha value is -5.73. The fourth-order valence-corrected chi connectivity index (χ4v) is 9.07. The normalized spacial score (nSPS) is 16.8. The Morgan fingerprint density at radius 2 is 1.25 bits per heavy atom. The Kier molecular flexibility index (Phi) is 18.4. The molecule has 4 aromatic carbocycles. The Morgan fingerprint density at radius 1 is 0.776 bits per heavy atom. The molecule has 7 N–H and O–H groups in total. The summed E-state index contributed by atoms with van der Waals surface area (Å²) in [4.78, 5) is 76.2. The molecule has 18 nitrogen and oxygen atoms in total. The van der Waals surface area contributed by atoms with E-state index in [1.165, 1.54) is 43.4 Å². The number of ether oxygens (including phenoxy) is 1. The summed E-state index contributed by atoms with van der Waals surface area (Å²) < 4.78 is 35.0. The molecule has 6 rings (SSSR count).